The summed E-state index contributed by atoms with van der Waals surface area (Å²) in [7, 11) is 0. The van der Waals surface area contributed by atoms with Gasteiger partial charge in [0.05, 0.1) is 12.6 Å². The van der Waals surface area contributed by atoms with Gasteiger partial charge in [-0.15, -0.1) is 0 Å². The minimum Gasteiger partial charge on any atom is -0.480 e. The van der Waals surface area contributed by atoms with Crippen LogP contribution < -0.4 is 5.73 Å². The van der Waals surface area contributed by atoms with Gasteiger partial charge < -0.3 is 20.7 Å². The summed E-state index contributed by atoms with van der Waals surface area (Å²) >= 11 is 1.62. The third kappa shape index (κ3) is 3.01. The Morgan fingerprint density at radius 3 is 2.92 bits per heavy atom. The number of aliphatic carboxylic acids is 1. The highest BCUT2D eigenvalue weighted by molar-refractivity contribution is 7.98. The first-order valence-electron chi connectivity index (χ1n) is 7.89. The molecule has 2 aromatic rings. The standard InChI is InChI=1S/C17H21N3O3S/c1-24-7-6-12(18)16(21)20-9-14-11(8-15(20)17(22)23)10-4-2-3-5-13(10)19-14/h2-5,12,15,19H,6-9,18H2,1H3,(H,22,23)/t12-,15-/m1/s1. The number of nitrogens with two attached hydrogens (primary N) is 1. The molecule has 1 aromatic carbocycles. The van der Waals surface area contributed by atoms with Crippen LogP contribution in [0.15, 0.2) is 24.3 Å². The van der Waals surface area contributed by atoms with E-state index < -0.39 is 18.1 Å². The zero-order chi connectivity index (χ0) is 17.3. The molecular formula is C17H21N3O3S. The molecule has 2 atom stereocenters. The van der Waals surface area contributed by atoms with Gasteiger partial charge in [0.15, 0.2) is 0 Å². The fourth-order valence-electron chi connectivity index (χ4n) is 3.24. The molecule has 2 heterocycles. The average molecular weight is 347 g/mol. The number of para-hydroxylation sites is 1. The summed E-state index contributed by atoms with van der Waals surface area (Å²) in [5, 5.41) is 10.6. The molecular weight excluding hydrogens is 326 g/mol. The number of carbonyl (C=O) groups excluding carboxylic acids is 1. The fraction of sp³-hybridized carbons (Fsp3) is 0.412. The van der Waals surface area contributed by atoms with Gasteiger partial charge in [0.2, 0.25) is 5.91 Å². The first-order valence-corrected chi connectivity index (χ1v) is 9.28. The molecule has 3 rings (SSSR count). The highest BCUT2D eigenvalue weighted by atomic mass is 32.2. The molecule has 0 saturated heterocycles. The Balaban J connectivity index is 1.92. The maximum atomic E-state index is 12.7. The number of hydrogen-bond acceptors (Lipinski definition) is 4. The number of aromatic nitrogens is 1. The Kier molecular flexibility index (Phi) is 4.82. The highest BCUT2D eigenvalue weighted by Gasteiger charge is 2.37. The summed E-state index contributed by atoms with van der Waals surface area (Å²) in [6.45, 7) is 0.257. The van der Waals surface area contributed by atoms with Crippen LogP contribution >= 0.6 is 11.8 Å². The summed E-state index contributed by atoms with van der Waals surface area (Å²) in [5.41, 5.74) is 8.84. The molecule has 24 heavy (non-hydrogen) atoms. The lowest BCUT2D eigenvalue weighted by Gasteiger charge is -2.34. The van der Waals surface area contributed by atoms with E-state index in [1.807, 2.05) is 30.5 Å². The molecule has 0 radical (unpaired) electrons. The summed E-state index contributed by atoms with van der Waals surface area (Å²) < 4.78 is 0. The number of hydrogen-bond donors (Lipinski definition) is 3. The zero-order valence-electron chi connectivity index (χ0n) is 13.5. The van der Waals surface area contributed by atoms with E-state index in [1.165, 1.54) is 4.90 Å². The second-order valence-corrected chi connectivity index (χ2v) is 7.03. The zero-order valence-corrected chi connectivity index (χ0v) is 14.3. The van der Waals surface area contributed by atoms with E-state index in [9.17, 15) is 14.7 Å². The van der Waals surface area contributed by atoms with Crippen LogP contribution in [0, 0.1) is 0 Å². The van der Waals surface area contributed by atoms with Gasteiger partial charge >= 0.3 is 5.97 Å². The Morgan fingerprint density at radius 2 is 2.21 bits per heavy atom. The van der Waals surface area contributed by atoms with Crippen molar-refractivity contribution in [2.75, 3.05) is 12.0 Å². The van der Waals surface area contributed by atoms with Crippen LogP contribution in [0.1, 0.15) is 17.7 Å². The molecule has 0 fully saturated rings. The number of nitrogens with one attached hydrogen (secondary N) is 1. The molecule has 1 amide bonds. The van der Waals surface area contributed by atoms with Crippen LogP contribution in [-0.2, 0) is 22.6 Å². The van der Waals surface area contributed by atoms with Gasteiger partial charge in [0.25, 0.3) is 0 Å². The predicted molar refractivity (Wildman–Crippen MR) is 95.0 cm³/mol. The fourth-order valence-corrected chi connectivity index (χ4v) is 3.73. The van der Waals surface area contributed by atoms with Gasteiger partial charge in [-0.05, 0) is 30.1 Å². The van der Waals surface area contributed by atoms with Crippen molar-refractivity contribution >= 4 is 34.5 Å². The Labute approximate surface area is 144 Å². The van der Waals surface area contributed by atoms with E-state index >= 15 is 0 Å². The average Bonchev–Trinajstić information content (AvgIpc) is 2.95. The minimum atomic E-state index is -0.989. The smallest absolute Gasteiger partial charge is 0.326 e. The maximum Gasteiger partial charge on any atom is 0.326 e. The number of H-pyrrole nitrogens is 1. The molecule has 0 saturated carbocycles. The highest BCUT2D eigenvalue weighted by Crippen LogP contribution is 2.30. The number of amides is 1. The topological polar surface area (TPSA) is 99.4 Å². The van der Waals surface area contributed by atoms with Gasteiger partial charge in [0.1, 0.15) is 6.04 Å². The number of rotatable bonds is 5. The lowest BCUT2D eigenvalue weighted by atomic mass is 9.95. The van der Waals surface area contributed by atoms with Crippen molar-refractivity contribution in [1.29, 1.82) is 0 Å². The first-order chi connectivity index (χ1) is 11.5. The van der Waals surface area contributed by atoms with Crippen molar-refractivity contribution in [3.05, 3.63) is 35.5 Å². The van der Waals surface area contributed by atoms with E-state index in [4.69, 9.17) is 5.73 Å². The molecule has 128 valence electrons. The first kappa shape index (κ1) is 16.9. The molecule has 7 heteroatoms. The van der Waals surface area contributed by atoms with E-state index in [1.54, 1.807) is 11.8 Å². The van der Waals surface area contributed by atoms with Gasteiger partial charge in [-0.25, -0.2) is 4.79 Å². The maximum absolute atomic E-state index is 12.7. The van der Waals surface area contributed by atoms with Gasteiger partial charge in [-0.1, -0.05) is 18.2 Å². The SMILES string of the molecule is CSCC[C@@H](N)C(=O)N1Cc2[nH]c3ccccc3c2C[C@@H]1C(=O)O. The molecule has 0 spiro atoms. The molecule has 1 aromatic heterocycles. The summed E-state index contributed by atoms with van der Waals surface area (Å²) in [6, 6.07) is 6.27. The van der Waals surface area contributed by atoms with Crippen molar-refractivity contribution in [2.24, 2.45) is 5.73 Å². The number of nitrogens with zero attached hydrogens (tertiary/aromatic N) is 1. The molecule has 0 aliphatic carbocycles. The number of aromatic amines is 1. The van der Waals surface area contributed by atoms with Crippen molar-refractivity contribution < 1.29 is 14.7 Å². The molecule has 1 aliphatic heterocycles. The van der Waals surface area contributed by atoms with Gasteiger partial charge in [-0.3, -0.25) is 4.79 Å². The molecule has 4 N–H and O–H groups in total. The third-order valence-corrected chi connectivity index (χ3v) is 5.17. The number of fused-ring (bicyclic) bond motifs is 3. The van der Waals surface area contributed by atoms with E-state index in [0.29, 0.717) is 12.8 Å². The largest absolute Gasteiger partial charge is 0.480 e. The summed E-state index contributed by atoms with van der Waals surface area (Å²) in [5.74, 6) is -0.507. The van der Waals surface area contributed by atoms with Crippen LogP contribution in [0.3, 0.4) is 0 Å². The normalized spacial score (nSPS) is 18.4. The Bertz CT molecular complexity index is 774. The summed E-state index contributed by atoms with van der Waals surface area (Å²) in [6.07, 6.45) is 2.80. The molecule has 0 unspecified atom stereocenters. The van der Waals surface area contributed by atoms with Crippen LogP contribution in [0.2, 0.25) is 0 Å². The van der Waals surface area contributed by atoms with Crippen LogP contribution in [-0.4, -0.2) is 51.0 Å². The van der Waals surface area contributed by atoms with E-state index in [2.05, 4.69) is 4.98 Å². The predicted octanol–water partition coefficient (Wildman–Crippen LogP) is 1.59. The monoisotopic (exact) mass is 347 g/mol. The third-order valence-electron chi connectivity index (χ3n) is 4.52. The molecule has 6 nitrogen and oxygen atoms in total. The number of carboxylic acids is 1. The lowest BCUT2D eigenvalue weighted by molar-refractivity contribution is -0.152. The van der Waals surface area contributed by atoms with Crippen molar-refractivity contribution in [1.82, 2.24) is 9.88 Å². The van der Waals surface area contributed by atoms with E-state index in [0.717, 1.165) is 27.9 Å². The molecule has 0 bridgehead atoms. The van der Waals surface area contributed by atoms with Crippen molar-refractivity contribution in [2.45, 2.75) is 31.5 Å². The number of carboxylic acid groups (broad SMARTS) is 1. The van der Waals surface area contributed by atoms with Crippen molar-refractivity contribution in [3.63, 3.8) is 0 Å². The number of carbonyl (C=O) groups is 2. The van der Waals surface area contributed by atoms with Crippen LogP contribution in [0.25, 0.3) is 10.9 Å². The Hall–Kier alpha value is -1.99. The van der Waals surface area contributed by atoms with Crippen LogP contribution in [0.5, 0.6) is 0 Å². The summed E-state index contributed by atoms with van der Waals surface area (Å²) in [4.78, 5) is 29.1. The number of benzene rings is 1. The van der Waals surface area contributed by atoms with Gasteiger partial charge in [0, 0.05) is 23.0 Å². The molecule has 1 aliphatic rings. The van der Waals surface area contributed by atoms with Gasteiger partial charge in [-0.2, -0.15) is 11.8 Å². The second kappa shape index (κ2) is 6.86. The van der Waals surface area contributed by atoms with Crippen LogP contribution in [0.4, 0.5) is 0 Å². The lowest BCUT2D eigenvalue weighted by Crippen LogP contribution is -2.53. The second-order valence-electron chi connectivity index (χ2n) is 6.04. The van der Waals surface area contributed by atoms with Crippen molar-refractivity contribution in [3.8, 4) is 0 Å². The quantitative estimate of drug-likeness (QED) is 0.763. The Morgan fingerprint density at radius 1 is 1.46 bits per heavy atom. The van der Waals surface area contributed by atoms with E-state index in [-0.39, 0.29) is 12.5 Å². The number of thioether (sulfide) groups is 1. The minimum absolute atomic E-state index is 0.257.